The Labute approximate surface area is 376 Å². The minimum absolute atomic E-state index is 0.0567. The standard InChI is InChI=1S/C54H28B2N4S3/c1-3-13-31-27-41-33(25-29(31)11-1)55-47-39(21-23-45-49(47)59(41)37-17-7-9-19-43(37)61-45)57-35-15-5-6-16-36(35)58-40-22-24-46-50-48(40)56(54-52(58)51(57)53(55)63-54)34-26-30-12-2-4-14-32(30)28-42(34)60(50)38-18-8-10-20-44(38)62-46/h1-28H. The van der Waals surface area contributed by atoms with Gasteiger partial charge in [0, 0.05) is 51.9 Å². The van der Waals surface area contributed by atoms with Crippen LogP contribution in [0.5, 0.6) is 0 Å². The maximum absolute atomic E-state index is 2.66. The van der Waals surface area contributed by atoms with E-state index in [9.17, 15) is 0 Å². The normalized spacial score (nSPS) is 15.3. The van der Waals surface area contributed by atoms with E-state index < -0.39 is 0 Å². The third-order valence-corrected chi connectivity index (χ3v) is 18.1. The maximum Gasteiger partial charge on any atom is 0.264 e. The Morgan fingerprint density at radius 2 is 0.683 bits per heavy atom. The second-order valence-electron chi connectivity index (χ2n) is 17.6. The van der Waals surface area contributed by atoms with Crippen molar-refractivity contribution in [3.63, 3.8) is 0 Å². The van der Waals surface area contributed by atoms with Crippen LogP contribution in [0.3, 0.4) is 0 Å². The molecule has 7 aliphatic rings. The number of anilines is 12. The van der Waals surface area contributed by atoms with Gasteiger partial charge in [-0.25, -0.2) is 0 Å². The number of fused-ring (bicyclic) bond motifs is 19. The highest BCUT2D eigenvalue weighted by Crippen LogP contribution is 2.62. The third-order valence-electron chi connectivity index (χ3n) is 14.6. The quantitative estimate of drug-likeness (QED) is 0.140. The molecule has 0 atom stereocenters. The van der Waals surface area contributed by atoms with Crippen molar-refractivity contribution < 1.29 is 0 Å². The monoisotopic (exact) mass is 850 g/mol. The lowest BCUT2D eigenvalue weighted by Gasteiger charge is -2.50. The summed E-state index contributed by atoms with van der Waals surface area (Å²) in [7, 11) is 0. The molecule has 0 unspecified atom stereocenters. The maximum atomic E-state index is 2.66. The van der Waals surface area contributed by atoms with Crippen LogP contribution in [0.25, 0.3) is 21.5 Å². The van der Waals surface area contributed by atoms with Gasteiger partial charge in [0.25, 0.3) is 13.4 Å². The molecule has 7 aliphatic heterocycles. The largest absolute Gasteiger partial charge is 0.309 e. The molecule has 0 fully saturated rings. The number of hydrogen-bond acceptors (Lipinski definition) is 7. The van der Waals surface area contributed by atoms with Crippen LogP contribution >= 0.6 is 34.9 Å². The van der Waals surface area contributed by atoms with Crippen LogP contribution in [-0.2, 0) is 0 Å². The van der Waals surface area contributed by atoms with E-state index >= 15 is 0 Å². The van der Waals surface area contributed by atoms with Crippen molar-refractivity contribution in [3.8, 4) is 0 Å². The Bertz CT molecular complexity index is 3600. The molecule has 0 spiro atoms. The lowest BCUT2D eigenvalue weighted by molar-refractivity contribution is 1.14. The van der Waals surface area contributed by atoms with Crippen LogP contribution in [0.2, 0.25) is 0 Å². The average Bonchev–Trinajstić information content (AvgIpc) is 3.73. The van der Waals surface area contributed by atoms with E-state index in [1.54, 1.807) is 0 Å². The summed E-state index contributed by atoms with van der Waals surface area (Å²) in [6, 6.07) is 64.7. The highest BCUT2D eigenvalue weighted by atomic mass is 32.2. The molecule has 0 N–H and O–H groups in total. The second kappa shape index (κ2) is 11.2. The third kappa shape index (κ3) is 3.83. The number of benzene rings is 9. The molecule has 4 nitrogen and oxygen atoms in total. The fourth-order valence-corrected chi connectivity index (χ4v) is 15.9. The van der Waals surface area contributed by atoms with Gasteiger partial charge in [0.1, 0.15) is 0 Å². The summed E-state index contributed by atoms with van der Waals surface area (Å²) in [4.78, 5) is 15.7. The van der Waals surface area contributed by atoms with Gasteiger partial charge in [-0.2, -0.15) is 11.3 Å². The SMILES string of the molecule is c1ccc2c(c1)Sc1ccc3c4c1N2c1cc2ccccc2cc1B4c1sc2c4c1N3c1ccccc1N4c1ccc3c4c1B2c1cc2ccccc2cc1N4c1ccccc1S3. The summed E-state index contributed by atoms with van der Waals surface area (Å²) in [6.07, 6.45) is 0. The van der Waals surface area contributed by atoms with Gasteiger partial charge in [-0.15, -0.1) is 0 Å². The van der Waals surface area contributed by atoms with Gasteiger partial charge < -0.3 is 19.6 Å². The molecule has 0 saturated heterocycles. The highest BCUT2D eigenvalue weighted by molar-refractivity contribution is 8.00. The zero-order valence-corrected chi connectivity index (χ0v) is 35.8. The number of thiophene rings is 1. The zero-order chi connectivity index (χ0) is 40.4. The first-order valence-electron chi connectivity index (χ1n) is 21.7. The highest BCUT2D eigenvalue weighted by Gasteiger charge is 2.55. The summed E-state index contributed by atoms with van der Waals surface area (Å²) >= 11 is 5.91. The number of para-hydroxylation sites is 4. The van der Waals surface area contributed by atoms with Crippen LogP contribution < -0.4 is 51.0 Å². The van der Waals surface area contributed by atoms with Gasteiger partial charge in [0.2, 0.25) is 0 Å². The Morgan fingerprint density at radius 1 is 0.302 bits per heavy atom. The van der Waals surface area contributed by atoms with Gasteiger partial charge in [-0.3, -0.25) is 0 Å². The second-order valence-corrected chi connectivity index (χ2v) is 20.8. The topological polar surface area (TPSA) is 13.0 Å². The van der Waals surface area contributed by atoms with Gasteiger partial charge in [0.15, 0.2) is 0 Å². The number of hydrogen-bond donors (Lipinski definition) is 0. The van der Waals surface area contributed by atoms with Crippen molar-refractivity contribution in [1.82, 2.24) is 0 Å². The number of rotatable bonds is 0. The minimum atomic E-state index is 0.0567. The van der Waals surface area contributed by atoms with Crippen LogP contribution in [0.4, 0.5) is 68.2 Å². The summed E-state index contributed by atoms with van der Waals surface area (Å²) in [5.74, 6) is 0. The lowest BCUT2D eigenvalue weighted by Crippen LogP contribution is -2.61. The van der Waals surface area contributed by atoms with Crippen LogP contribution in [0, 0.1) is 0 Å². The molecule has 0 amide bonds. The molecule has 9 heteroatoms. The Balaban J connectivity index is 1.02. The average molecular weight is 851 g/mol. The van der Waals surface area contributed by atoms with E-state index in [1.807, 2.05) is 23.5 Å². The molecule has 0 aliphatic carbocycles. The minimum Gasteiger partial charge on any atom is -0.309 e. The molecular weight excluding hydrogens is 822 g/mol. The molecule has 0 saturated carbocycles. The fraction of sp³-hybridized carbons (Fsp3) is 0. The Morgan fingerprint density at radius 3 is 1.14 bits per heavy atom. The van der Waals surface area contributed by atoms with Gasteiger partial charge in [-0.05, 0) is 116 Å². The van der Waals surface area contributed by atoms with Crippen LogP contribution in [0.15, 0.2) is 189 Å². The summed E-state index contributed by atoms with van der Waals surface area (Å²) in [6.45, 7) is 0.113. The molecule has 63 heavy (non-hydrogen) atoms. The Kier molecular flexibility index (Phi) is 5.86. The van der Waals surface area contributed by atoms with Gasteiger partial charge in [-0.1, -0.05) is 121 Å². The molecule has 9 aromatic carbocycles. The van der Waals surface area contributed by atoms with E-state index in [-0.39, 0.29) is 13.4 Å². The van der Waals surface area contributed by atoms with Crippen molar-refractivity contribution in [3.05, 3.63) is 170 Å². The van der Waals surface area contributed by atoms with E-state index in [0.717, 1.165) is 0 Å². The van der Waals surface area contributed by atoms with Gasteiger partial charge in [0.05, 0.1) is 45.5 Å². The van der Waals surface area contributed by atoms with Crippen molar-refractivity contribution in [1.29, 1.82) is 0 Å². The Hall–Kier alpha value is -6.77. The van der Waals surface area contributed by atoms with Crippen molar-refractivity contribution in [2.75, 3.05) is 19.6 Å². The predicted octanol–water partition coefficient (Wildman–Crippen LogP) is 11.5. The molecule has 288 valence electrons. The smallest absolute Gasteiger partial charge is 0.264 e. The van der Waals surface area contributed by atoms with Crippen LogP contribution in [-0.4, -0.2) is 13.4 Å². The van der Waals surface area contributed by atoms with Crippen molar-refractivity contribution >= 4 is 169 Å². The zero-order valence-electron chi connectivity index (χ0n) is 33.3. The van der Waals surface area contributed by atoms with Crippen LogP contribution in [0.1, 0.15) is 0 Å². The summed E-state index contributed by atoms with van der Waals surface area (Å²) < 4.78 is 2.87. The fourth-order valence-electron chi connectivity index (χ4n) is 12.2. The molecule has 0 bridgehead atoms. The first-order chi connectivity index (χ1) is 31.3. The number of nitrogens with zero attached hydrogens (tertiary/aromatic N) is 4. The molecule has 17 rings (SSSR count). The predicted molar refractivity (Wildman–Crippen MR) is 269 cm³/mol. The molecular formula is C54H28B2N4S3. The molecule has 1 aromatic heterocycles. The van der Waals surface area contributed by atoms with Gasteiger partial charge >= 0.3 is 0 Å². The first kappa shape index (κ1) is 32.9. The van der Waals surface area contributed by atoms with Crippen molar-refractivity contribution in [2.24, 2.45) is 0 Å². The lowest BCUT2D eigenvalue weighted by atomic mass is 9.35. The van der Waals surface area contributed by atoms with E-state index in [2.05, 4.69) is 201 Å². The molecule has 8 heterocycles. The van der Waals surface area contributed by atoms with E-state index in [1.165, 1.54) is 141 Å². The van der Waals surface area contributed by atoms with E-state index in [4.69, 9.17) is 0 Å². The molecule has 10 aromatic rings. The summed E-state index contributed by atoms with van der Waals surface area (Å²) in [5.41, 5.74) is 21.1. The summed E-state index contributed by atoms with van der Waals surface area (Å²) in [5, 5.41) is 5.11. The molecule has 0 radical (unpaired) electrons. The van der Waals surface area contributed by atoms with E-state index in [0.29, 0.717) is 0 Å². The van der Waals surface area contributed by atoms with Crippen molar-refractivity contribution in [2.45, 2.75) is 19.6 Å². The first-order valence-corrected chi connectivity index (χ1v) is 24.1.